The number of β-amino-alcohol motifs (C(OH)–C–C–N with tert-alkyl or cyclic N) is 1. The highest BCUT2D eigenvalue weighted by molar-refractivity contribution is 4.78. The first-order valence-corrected chi connectivity index (χ1v) is 4.54. The highest BCUT2D eigenvalue weighted by atomic mass is 16.5. The molecule has 2 N–H and O–H groups in total. The van der Waals surface area contributed by atoms with E-state index in [1.807, 2.05) is 20.8 Å². The molecule has 0 amide bonds. The van der Waals surface area contributed by atoms with Gasteiger partial charge in [0.05, 0.1) is 17.8 Å². The van der Waals surface area contributed by atoms with Crippen molar-refractivity contribution >= 4 is 0 Å². The molecule has 0 aromatic heterocycles. The fourth-order valence-electron chi connectivity index (χ4n) is 1.47. The van der Waals surface area contributed by atoms with E-state index in [0.717, 1.165) is 13.0 Å². The Labute approximate surface area is 74.1 Å². The van der Waals surface area contributed by atoms with Gasteiger partial charge in [0.15, 0.2) is 0 Å². The van der Waals surface area contributed by atoms with Gasteiger partial charge < -0.3 is 15.2 Å². The number of aliphatic hydroxyl groups is 1. The molecule has 0 unspecified atom stereocenters. The molecule has 0 radical (unpaired) electrons. The maximum absolute atomic E-state index is 9.33. The van der Waals surface area contributed by atoms with Crippen LogP contribution in [0.1, 0.15) is 27.2 Å². The Bertz CT molecular complexity index is 142. The van der Waals surface area contributed by atoms with Crippen molar-refractivity contribution < 1.29 is 9.84 Å². The van der Waals surface area contributed by atoms with E-state index in [-0.39, 0.29) is 17.8 Å². The molecule has 1 saturated heterocycles. The van der Waals surface area contributed by atoms with Crippen molar-refractivity contribution in [2.75, 3.05) is 13.1 Å². The minimum absolute atomic E-state index is 0.108. The van der Waals surface area contributed by atoms with Gasteiger partial charge in [-0.15, -0.1) is 0 Å². The molecule has 3 heteroatoms. The second kappa shape index (κ2) is 3.73. The molecular formula is C9H19NO2. The monoisotopic (exact) mass is 173 g/mol. The summed E-state index contributed by atoms with van der Waals surface area (Å²) >= 11 is 0. The number of rotatable bonds is 1. The van der Waals surface area contributed by atoms with Crippen LogP contribution in [0.5, 0.6) is 0 Å². The third-order valence-electron chi connectivity index (χ3n) is 1.81. The summed E-state index contributed by atoms with van der Waals surface area (Å²) in [5.41, 5.74) is -0.108. The Morgan fingerprint density at radius 3 is 2.50 bits per heavy atom. The first-order valence-electron chi connectivity index (χ1n) is 4.54. The third kappa shape index (κ3) is 3.52. The van der Waals surface area contributed by atoms with E-state index in [4.69, 9.17) is 4.74 Å². The Morgan fingerprint density at radius 2 is 2.00 bits per heavy atom. The molecule has 1 fully saturated rings. The summed E-state index contributed by atoms with van der Waals surface area (Å²) in [7, 11) is 0. The van der Waals surface area contributed by atoms with Gasteiger partial charge in [-0.2, -0.15) is 0 Å². The van der Waals surface area contributed by atoms with E-state index in [0.29, 0.717) is 6.54 Å². The first kappa shape index (κ1) is 9.96. The zero-order valence-electron chi connectivity index (χ0n) is 8.13. The van der Waals surface area contributed by atoms with E-state index < -0.39 is 0 Å². The van der Waals surface area contributed by atoms with Crippen LogP contribution < -0.4 is 5.32 Å². The van der Waals surface area contributed by atoms with Crippen LogP contribution in [0.3, 0.4) is 0 Å². The van der Waals surface area contributed by atoms with Crippen LogP contribution in [0.2, 0.25) is 0 Å². The molecule has 12 heavy (non-hydrogen) atoms. The predicted octanol–water partition coefficient (Wildman–Crippen LogP) is 0.524. The largest absolute Gasteiger partial charge is 0.392 e. The van der Waals surface area contributed by atoms with Crippen LogP contribution in [0.4, 0.5) is 0 Å². The van der Waals surface area contributed by atoms with Gasteiger partial charge in [-0.25, -0.2) is 0 Å². The van der Waals surface area contributed by atoms with Crippen LogP contribution in [0.15, 0.2) is 0 Å². The molecule has 1 rings (SSSR count). The molecule has 0 aliphatic carbocycles. The van der Waals surface area contributed by atoms with Crippen LogP contribution >= 0.6 is 0 Å². The Balaban J connectivity index is 2.32. The van der Waals surface area contributed by atoms with Crippen LogP contribution in [-0.2, 0) is 4.74 Å². The average molecular weight is 173 g/mol. The average Bonchev–Trinajstić information content (AvgIpc) is 1.82. The lowest BCUT2D eigenvalue weighted by atomic mass is 10.1. The standard InChI is InChI=1S/C9H19NO2/c1-9(2,3)12-8-4-7(11)5-10-6-8/h7-8,10-11H,4-6H2,1-3H3/t7-,8-/m0/s1. The zero-order chi connectivity index (χ0) is 9.19. The maximum atomic E-state index is 9.33. The minimum atomic E-state index is -0.244. The highest BCUT2D eigenvalue weighted by Crippen LogP contribution is 2.15. The van der Waals surface area contributed by atoms with E-state index >= 15 is 0 Å². The Kier molecular flexibility index (Phi) is 3.09. The number of hydrogen-bond acceptors (Lipinski definition) is 3. The second-order valence-corrected chi connectivity index (χ2v) is 4.40. The molecular weight excluding hydrogens is 154 g/mol. The quantitative estimate of drug-likeness (QED) is 0.607. The van der Waals surface area contributed by atoms with Gasteiger partial charge in [0.1, 0.15) is 0 Å². The lowest BCUT2D eigenvalue weighted by Crippen LogP contribution is -2.45. The zero-order valence-corrected chi connectivity index (χ0v) is 8.13. The lowest BCUT2D eigenvalue weighted by Gasteiger charge is -2.32. The number of ether oxygens (including phenoxy) is 1. The van der Waals surface area contributed by atoms with Crippen LogP contribution in [0, 0.1) is 0 Å². The van der Waals surface area contributed by atoms with E-state index in [9.17, 15) is 5.11 Å². The minimum Gasteiger partial charge on any atom is -0.392 e. The Morgan fingerprint density at radius 1 is 1.33 bits per heavy atom. The summed E-state index contributed by atoms with van der Waals surface area (Å²) in [6, 6.07) is 0. The maximum Gasteiger partial charge on any atom is 0.0731 e. The van der Waals surface area contributed by atoms with Gasteiger partial charge in [-0.1, -0.05) is 0 Å². The summed E-state index contributed by atoms with van der Waals surface area (Å²) in [4.78, 5) is 0. The molecule has 2 atom stereocenters. The van der Waals surface area contributed by atoms with Crippen molar-refractivity contribution in [3.05, 3.63) is 0 Å². The molecule has 0 bridgehead atoms. The van der Waals surface area contributed by atoms with Crippen molar-refractivity contribution in [2.24, 2.45) is 0 Å². The summed E-state index contributed by atoms with van der Waals surface area (Å²) in [5.74, 6) is 0. The number of piperidine rings is 1. The first-order chi connectivity index (χ1) is 5.47. The fourth-order valence-corrected chi connectivity index (χ4v) is 1.47. The van der Waals surface area contributed by atoms with Crippen molar-refractivity contribution in [2.45, 2.75) is 45.0 Å². The SMILES string of the molecule is CC(C)(C)O[C@@H]1CNC[C@@H](O)C1. The van der Waals surface area contributed by atoms with Crippen LogP contribution in [-0.4, -0.2) is 36.0 Å². The second-order valence-electron chi connectivity index (χ2n) is 4.40. The molecule has 0 aromatic carbocycles. The Hall–Kier alpha value is -0.120. The molecule has 1 aliphatic rings. The van der Waals surface area contributed by atoms with Gasteiger partial charge in [-0.3, -0.25) is 0 Å². The van der Waals surface area contributed by atoms with E-state index in [2.05, 4.69) is 5.32 Å². The van der Waals surface area contributed by atoms with Crippen LogP contribution in [0.25, 0.3) is 0 Å². The summed E-state index contributed by atoms with van der Waals surface area (Å²) in [6.07, 6.45) is 0.671. The van der Waals surface area contributed by atoms with Crippen molar-refractivity contribution in [3.8, 4) is 0 Å². The highest BCUT2D eigenvalue weighted by Gasteiger charge is 2.24. The van der Waals surface area contributed by atoms with E-state index in [1.54, 1.807) is 0 Å². The molecule has 1 aliphatic heterocycles. The molecule has 0 spiro atoms. The third-order valence-corrected chi connectivity index (χ3v) is 1.81. The van der Waals surface area contributed by atoms with Crippen molar-refractivity contribution in [1.29, 1.82) is 0 Å². The molecule has 0 aromatic rings. The van der Waals surface area contributed by atoms with Gasteiger partial charge in [0.2, 0.25) is 0 Å². The number of hydrogen-bond donors (Lipinski definition) is 2. The molecule has 0 saturated carbocycles. The smallest absolute Gasteiger partial charge is 0.0731 e. The number of aliphatic hydroxyl groups excluding tert-OH is 1. The predicted molar refractivity (Wildman–Crippen MR) is 48.1 cm³/mol. The lowest BCUT2D eigenvalue weighted by molar-refractivity contribution is -0.0850. The van der Waals surface area contributed by atoms with Gasteiger partial charge in [0.25, 0.3) is 0 Å². The summed E-state index contributed by atoms with van der Waals surface area (Å²) < 4.78 is 5.73. The van der Waals surface area contributed by atoms with E-state index in [1.165, 1.54) is 0 Å². The topological polar surface area (TPSA) is 41.5 Å². The van der Waals surface area contributed by atoms with Crippen molar-refractivity contribution in [3.63, 3.8) is 0 Å². The number of nitrogens with one attached hydrogen (secondary N) is 1. The summed E-state index contributed by atoms with van der Waals surface area (Å²) in [5, 5.41) is 12.5. The normalized spacial score (nSPS) is 32.0. The molecule has 1 heterocycles. The van der Waals surface area contributed by atoms with Crippen molar-refractivity contribution in [1.82, 2.24) is 5.32 Å². The summed E-state index contributed by atoms with van der Waals surface area (Å²) in [6.45, 7) is 7.66. The molecule has 3 nitrogen and oxygen atoms in total. The molecule has 72 valence electrons. The van der Waals surface area contributed by atoms with Gasteiger partial charge >= 0.3 is 0 Å². The van der Waals surface area contributed by atoms with Gasteiger partial charge in [-0.05, 0) is 20.8 Å². The fraction of sp³-hybridized carbons (Fsp3) is 1.00. The van der Waals surface area contributed by atoms with Gasteiger partial charge in [0, 0.05) is 19.5 Å².